The molecule has 0 spiro atoms. The fraction of sp³-hybridized carbons (Fsp3) is 0.471. The highest BCUT2D eigenvalue weighted by molar-refractivity contribution is 5.87. The Labute approximate surface area is 130 Å². The van der Waals surface area contributed by atoms with E-state index in [1.807, 2.05) is 26.1 Å². The number of oxazole rings is 1. The van der Waals surface area contributed by atoms with E-state index in [9.17, 15) is 0 Å². The van der Waals surface area contributed by atoms with Crippen LogP contribution in [0.5, 0.6) is 0 Å². The number of pyridine rings is 1. The number of hydrogen-bond donors (Lipinski definition) is 1. The van der Waals surface area contributed by atoms with Gasteiger partial charge in [0.15, 0.2) is 5.89 Å². The van der Waals surface area contributed by atoms with Gasteiger partial charge in [0, 0.05) is 31.1 Å². The summed E-state index contributed by atoms with van der Waals surface area (Å²) in [4.78, 5) is 10.9. The van der Waals surface area contributed by atoms with Gasteiger partial charge in [-0.3, -0.25) is 4.98 Å². The number of anilines is 1. The molecule has 116 valence electrons. The van der Waals surface area contributed by atoms with Gasteiger partial charge in [-0.2, -0.15) is 0 Å². The molecule has 1 saturated heterocycles. The lowest BCUT2D eigenvalue weighted by Crippen LogP contribution is -2.34. The summed E-state index contributed by atoms with van der Waals surface area (Å²) in [6.45, 7) is 4.80. The van der Waals surface area contributed by atoms with Crippen LogP contribution in [0.2, 0.25) is 0 Å². The Bertz CT molecular complexity index is 650. The van der Waals surface area contributed by atoms with Crippen molar-refractivity contribution in [1.82, 2.24) is 9.97 Å². The van der Waals surface area contributed by atoms with Gasteiger partial charge < -0.3 is 14.7 Å². The van der Waals surface area contributed by atoms with Gasteiger partial charge in [0.1, 0.15) is 5.69 Å². The average Bonchev–Trinajstić information content (AvgIpc) is 3.12. The van der Waals surface area contributed by atoms with Gasteiger partial charge >= 0.3 is 0 Å². The van der Waals surface area contributed by atoms with E-state index in [4.69, 9.17) is 9.83 Å². The van der Waals surface area contributed by atoms with E-state index in [0.29, 0.717) is 5.71 Å². The molecule has 2 aromatic rings. The summed E-state index contributed by atoms with van der Waals surface area (Å²) >= 11 is 0. The third-order valence-electron chi connectivity index (χ3n) is 4.18. The lowest BCUT2D eigenvalue weighted by Gasteiger charge is -2.23. The van der Waals surface area contributed by atoms with Crippen molar-refractivity contribution < 1.29 is 4.42 Å². The van der Waals surface area contributed by atoms with E-state index in [-0.39, 0.29) is 6.04 Å². The SMILES string of the molecule is CC(=N)[C@@H]1CCCN1c1oc(CCc2cccnc2)nc1C. The highest BCUT2D eigenvalue weighted by atomic mass is 16.4. The molecule has 3 heterocycles. The van der Waals surface area contributed by atoms with Gasteiger partial charge in [0.2, 0.25) is 5.88 Å². The van der Waals surface area contributed by atoms with E-state index in [0.717, 1.165) is 49.7 Å². The topological polar surface area (TPSA) is 66.0 Å². The van der Waals surface area contributed by atoms with Gasteiger partial charge in [-0.1, -0.05) is 6.07 Å². The molecule has 1 fully saturated rings. The van der Waals surface area contributed by atoms with E-state index in [1.54, 1.807) is 6.20 Å². The number of rotatable bonds is 5. The van der Waals surface area contributed by atoms with Crippen LogP contribution in [-0.4, -0.2) is 28.3 Å². The lowest BCUT2D eigenvalue weighted by atomic mass is 10.1. The van der Waals surface area contributed by atoms with E-state index in [1.165, 1.54) is 5.56 Å². The molecule has 0 radical (unpaired) electrons. The molecular formula is C17H22N4O. The number of nitrogens with zero attached hydrogens (tertiary/aromatic N) is 3. The molecule has 0 unspecified atom stereocenters. The molecule has 3 rings (SSSR count). The van der Waals surface area contributed by atoms with E-state index in [2.05, 4.69) is 20.9 Å². The summed E-state index contributed by atoms with van der Waals surface area (Å²) in [6.07, 6.45) is 7.44. The monoisotopic (exact) mass is 298 g/mol. The van der Waals surface area contributed by atoms with Crippen molar-refractivity contribution >= 4 is 11.6 Å². The lowest BCUT2D eigenvalue weighted by molar-refractivity contribution is 0.486. The predicted molar refractivity (Wildman–Crippen MR) is 86.7 cm³/mol. The molecule has 1 aliphatic heterocycles. The Morgan fingerprint density at radius 1 is 1.45 bits per heavy atom. The van der Waals surface area contributed by atoms with Crippen molar-refractivity contribution in [2.75, 3.05) is 11.4 Å². The smallest absolute Gasteiger partial charge is 0.219 e. The van der Waals surface area contributed by atoms with Crippen molar-refractivity contribution in [3.63, 3.8) is 0 Å². The summed E-state index contributed by atoms with van der Waals surface area (Å²) in [5.74, 6) is 1.61. The maximum Gasteiger partial charge on any atom is 0.219 e. The molecule has 1 atom stereocenters. The molecule has 0 aromatic carbocycles. The summed E-state index contributed by atoms with van der Waals surface area (Å²) in [5, 5.41) is 7.93. The quantitative estimate of drug-likeness (QED) is 0.861. The fourth-order valence-corrected chi connectivity index (χ4v) is 3.07. The van der Waals surface area contributed by atoms with Crippen molar-refractivity contribution in [2.24, 2.45) is 0 Å². The molecule has 22 heavy (non-hydrogen) atoms. The van der Waals surface area contributed by atoms with E-state index >= 15 is 0 Å². The molecular weight excluding hydrogens is 276 g/mol. The maximum absolute atomic E-state index is 7.93. The number of nitrogens with one attached hydrogen (secondary N) is 1. The second kappa shape index (κ2) is 6.30. The number of aryl methyl sites for hydroxylation is 3. The van der Waals surface area contributed by atoms with Gasteiger partial charge in [-0.25, -0.2) is 4.98 Å². The van der Waals surface area contributed by atoms with Crippen molar-refractivity contribution in [1.29, 1.82) is 5.41 Å². The standard InChI is InChI=1S/C17H22N4O/c1-12(18)15-6-4-10-21(15)17-13(2)20-16(22-17)8-7-14-5-3-9-19-11-14/h3,5,9,11,15,18H,4,6-8,10H2,1-2H3/t15-/m0/s1. The summed E-state index contributed by atoms with van der Waals surface area (Å²) in [5.41, 5.74) is 2.81. The second-order valence-electron chi connectivity index (χ2n) is 5.89. The maximum atomic E-state index is 7.93. The van der Waals surface area contributed by atoms with Crippen LogP contribution in [0.1, 0.15) is 36.9 Å². The van der Waals surface area contributed by atoms with Gasteiger partial charge in [0.05, 0.1) is 6.04 Å². The largest absolute Gasteiger partial charge is 0.425 e. The first-order valence-electron chi connectivity index (χ1n) is 7.82. The fourth-order valence-electron chi connectivity index (χ4n) is 3.07. The minimum absolute atomic E-state index is 0.165. The van der Waals surface area contributed by atoms with Gasteiger partial charge in [0.25, 0.3) is 0 Å². The third kappa shape index (κ3) is 3.03. The minimum Gasteiger partial charge on any atom is -0.425 e. The zero-order chi connectivity index (χ0) is 15.5. The van der Waals surface area contributed by atoms with Crippen molar-refractivity contribution in [3.05, 3.63) is 41.7 Å². The second-order valence-corrected chi connectivity index (χ2v) is 5.89. The number of hydrogen-bond acceptors (Lipinski definition) is 5. The van der Waals surface area contributed by atoms with Gasteiger partial charge in [-0.15, -0.1) is 0 Å². The third-order valence-corrected chi connectivity index (χ3v) is 4.18. The Morgan fingerprint density at radius 3 is 3.05 bits per heavy atom. The van der Waals surface area contributed by atoms with Crippen LogP contribution in [-0.2, 0) is 12.8 Å². The van der Waals surface area contributed by atoms with Gasteiger partial charge in [-0.05, 0) is 44.7 Å². The molecule has 1 N–H and O–H groups in total. The Morgan fingerprint density at radius 2 is 2.32 bits per heavy atom. The molecule has 2 aromatic heterocycles. The highest BCUT2D eigenvalue weighted by Crippen LogP contribution is 2.30. The first kappa shape index (κ1) is 14.8. The zero-order valence-corrected chi connectivity index (χ0v) is 13.2. The molecule has 0 bridgehead atoms. The van der Waals surface area contributed by atoms with Crippen LogP contribution in [0.4, 0.5) is 5.88 Å². The van der Waals surface area contributed by atoms with E-state index < -0.39 is 0 Å². The Kier molecular flexibility index (Phi) is 4.22. The van der Waals surface area contributed by atoms with Crippen LogP contribution in [0.25, 0.3) is 0 Å². The van der Waals surface area contributed by atoms with Crippen LogP contribution in [0.15, 0.2) is 28.9 Å². The summed E-state index contributed by atoms with van der Waals surface area (Å²) in [7, 11) is 0. The summed E-state index contributed by atoms with van der Waals surface area (Å²) in [6, 6.07) is 4.18. The normalized spacial score (nSPS) is 17.9. The minimum atomic E-state index is 0.165. The van der Waals surface area contributed by atoms with Crippen LogP contribution < -0.4 is 4.90 Å². The highest BCUT2D eigenvalue weighted by Gasteiger charge is 2.30. The van der Waals surface area contributed by atoms with Crippen LogP contribution in [0, 0.1) is 12.3 Å². The molecule has 0 aliphatic carbocycles. The zero-order valence-electron chi connectivity index (χ0n) is 13.2. The van der Waals surface area contributed by atoms with Crippen LogP contribution in [0.3, 0.4) is 0 Å². The first-order chi connectivity index (χ1) is 10.6. The molecule has 1 aliphatic rings. The van der Waals surface area contributed by atoms with Crippen molar-refractivity contribution in [3.8, 4) is 0 Å². The molecule has 0 saturated carbocycles. The Hall–Kier alpha value is -2.17. The first-order valence-corrected chi connectivity index (χ1v) is 7.82. The number of aromatic nitrogens is 2. The Balaban J connectivity index is 1.72. The average molecular weight is 298 g/mol. The van der Waals surface area contributed by atoms with Crippen molar-refractivity contribution in [2.45, 2.75) is 45.6 Å². The molecule has 5 heteroatoms. The molecule has 0 amide bonds. The molecule has 5 nitrogen and oxygen atoms in total. The predicted octanol–water partition coefficient (Wildman–Crippen LogP) is 3.17. The van der Waals surface area contributed by atoms with Crippen LogP contribution >= 0.6 is 0 Å². The summed E-state index contributed by atoms with van der Waals surface area (Å²) < 4.78 is 6.00.